The highest BCUT2D eigenvalue weighted by molar-refractivity contribution is 5.94. The van der Waals surface area contributed by atoms with Gasteiger partial charge in [-0.3, -0.25) is 4.79 Å². The van der Waals surface area contributed by atoms with Gasteiger partial charge in [0.05, 0.1) is 5.56 Å². The molecule has 1 saturated carbocycles. The van der Waals surface area contributed by atoms with Crippen LogP contribution in [-0.4, -0.2) is 36.0 Å². The van der Waals surface area contributed by atoms with Crippen LogP contribution in [0.5, 0.6) is 0 Å². The molecule has 0 atom stereocenters. The molecule has 1 aliphatic rings. The molecule has 1 aliphatic carbocycles. The number of hydrogen-bond acceptors (Lipinski definition) is 5. The summed E-state index contributed by atoms with van der Waals surface area (Å²) in [4.78, 5) is 22.5. The van der Waals surface area contributed by atoms with Crippen LogP contribution < -0.4 is 16.0 Å². The predicted octanol–water partition coefficient (Wildman–Crippen LogP) is 4.18. The number of amides is 1. The van der Waals surface area contributed by atoms with Crippen molar-refractivity contribution in [3.8, 4) is 0 Å². The molecule has 1 fully saturated rings. The summed E-state index contributed by atoms with van der Waals surface area (Å²) in [7, 11) is 3.83. The van der Waals surface area contributed by atoms with Crippen molar-refractivity contribution in [3.05, 3.63) is 46.8 Å². The maximum atomic E-state index is 13.5. The van der Waals surface area contributed by atoms with Gasteiger partial charge in [0, 0.05) is 31.8 Å². The van der Waals surface area contributed by atoms with Gasteiger partial charge in [0.25, 0.3) is 0 Å². The molecule has 1 heterocycles. The van der Waals surface area contributed by atoms with E-state index >= 15 is 0 Å². The van der Waals surface area contributed by atoms with Gasteiger partial charge in [-0.2, -0.15) is 13.2 Å². The first kappa shape index (κ1) is 22.8. The fourth-order valence-electron chi connectivity index (χ4n) is 4.17. The van der Waals surface area contributed by atoms with Gasteiger partial charge in [0.15, 0.2) is 0 Å². The second-order valence-corrected chi connectivity index (χ2v) is 8.31. The number of carbonyl (C=O) groups excluding carboxylic acids is 1. The third-order valence-corrected chi connectivity index (χ3v) is 5.72. The number of nitrogens with one attached hydrogen (secondary N) is 1. The SMILES string of the molecule is Cc1nc(NC2CCC(Cc3c(C(N)=O)cccc3C(F)(F)F)CC2)cc(N(C)C)n1. The van der Waals surface area contributed by atoms with E-state index in [4.69, 9.17) is 5.73 Å². The molecule has 0 spiro atoms. The number of hydrogen-bond donors (Lipinski definition) is 2. The Labute approximate surface area is 180 Å². The smallest absolute Gasteiger partial charge is 0.367 e. The second kappa shape index (κ2) is 9.11. The number of rotatable bonds is 6. The van der Waals surface area contributed by atoms with E-state index in [-0.39, 0.29) is 29.5 Å². The van der Waals surface area contributed by atoms with Crippen LogP contribution in [-0.2, 0) is 12.6 Å². The molecule has 3 rings (SSSR count). The average Bonchev–Trinajstić information content (AvgIpc) is 2.68. The van der Waals surface area contributed by atoms with Crippen LogP contribution in [0.2, 0.25) is 0 Å². The van der Waals surface area contributed by atoms with Crippen molar-refractivity contribution in [2.24, 2.45) is 11.7 Å². The van der Waals surface area contributed by atoms with Crippen LogP contribution in [0, 0.1) is 12.8 Å². The Kier molecular flexibility index (Phi) is 6.71. The number of aryl methyl sites for hydroxylation is 1. The van der Waals surface area contributed by atoms with Crippen molar-refractivity contribution in [2.45, 2.75) is 51.2 Å². The Morgan fingerprint density at radius 3 is 2.45 bits per heavy atom. The number of halogens is 3. The molecule has 0 aliphatic heterocycles. The van der Waals surface area contributed by atoms with E-state index < -0.39 is 17.6 Å². The van der Waals surface area contributed by atoms with Gasteiger partial charge in [0.2, 0.25) is 5.91 Å². The number of alkyl halides is 3. The normalized spacial score (nSPS) is 19.2. The molecular weight excluding hydrogens is 407 g/mol. The van der Waals surface area contributed by atoms with E-state index in [1.165, 1.54) is 12.1 Å². The summed E-state index contributed by atoms with van der Waals surface area (Å²) in [5.74, 6) is 1.46. The van der Waals surface area contributed by atoms with Crippen LogP contribution in [0.3, 0.4) is 0 Å². The Balaban J connectivity index is 1.68. The summed E-state index contributed by atoms with van der Waals surface area (Å²) >= 11 is 0. The number of benzene rings is 1. The second-order valence-electron chi connectivity index (χ2n) is 8.31. The third kappa shape index (κ3) is 5.65. The lowest BCUT2D eigenvalue weighted by molar-refractivity contribution is -0.138. The highest BCUT2D eigenvalue weighted by Gasteiger charge is 2.36. The number of carbonyl (C=O) groups is 1. The van der Waals surface area contributed by atoms with Crippen molar-refractivity contribution in [3.63, 3.8) is 0 Å². The minimum atomic E-state index is -4.52. The summed E-state index contributed by atoms with van der Waals surface area (Å²) in [5, 5.41) is 3.43. The zero-order chi connectivity index (χ0) is 22.8. The van der Waals surface area contributed by atoms with E-state index in [1.54, 1.807) is 0 Å². The van der Waals surface area contributed by atoms with Crippen LogP contribution in [0.1, 0.15) is 53.0 Å². The summed E-state index contributed by atoms with van der Waals surface area (Å²) < 4.78 is 40.5. The lowest BCUT2D eigenvalue weighted by Gasteiger charge is -2.30. The number of aromatic nitrogens is 2. The standard InChI is InChI=1S/C22H28F3N5O/c1-13-27-19(12-20(28-13)30(2)3)29-15-9-7-14(8-10-15)11-17-16(21(26)31)5-4-6-18(17)22(23,24)25/h4-6,12,14-15H,7-11H2,1-3H3,(H2,26,31)(H,27,28,29). The molecule has 1 aromatic heterocycles. The first-order valence-corrected chi connectivity index (χ1v) is 10.3. The molecule has 0 saturated heterocycles. The minimum Gasteiger partial charge on any atom is -0.367 e. The largest absolute Gasteiger partial charge is 0.416 e. The molecule has 0 unspecified atom stereocenters. The highest BCUT2D eigenvalue weighted by atomic mass is 19.4. The molecule has 2 aromatic rings. The molecule has 0 bridgehead atoms. The van der Waals surface area contributed by atoms with Gasteiger partial charge in [-0.1, -0.05) is 6.07 Å². The number of nitrogens with zero attached hydrogens (tertiary/aromatic N) is 3. The fraction of sp³-hybridized carbons (Fsp3) is 0.500. The van der Waals surface area contributed by atoms with Crippen molar-refractivity contribution >= 4 is 17.5 Å². The molecular formula is C22H28F3N5O. The Morgan fingerprint density at radius 2 is 1.87 bits per heavy atom. The van der Waals surface area contributed by atoms with E-state index in [1.807, 2.05) is 32.0 Å². The quantitative estimate of drug-likeness (QED) is 0.711. The Hall–Kier alpha value is -2.84. The van der Waals surface area contributed by atoms with Gasteiger partial charge in [-0.05, 0) is 62.6 Å². The number of primary amides is 1. The molecule has 9 heteroatoms. The van der Waals surface area contributed by atoms with Gasteiger partial charge in [-0.25, -0.2) is 9.97 Å². The molecule has 6 nitrogen and oxygen atoms in total. The topological polar surface area (TPSA) is 84.1 Å². The summed E-state index contributed by atoms with van der Waals surface area (Å²) in [5.41, 5.74) is 4.56. The van der Waals surface area contributed by atoms with Crippen molar-refractivity contribution in [2.75, 3.05) is 24.3 Å². The van der Waals surface area contributed by atoms with Gasteiger partial charge >= 0.3 is 6.18 Å². The molecule has 168 valence electrons. The molecule has 1 amide bonds. The first-order valence-electron chi connectivity index (χ1n) is 10.3. The third-order valence-electron chi connectivity index (χ3n) is 5.72. The summed E-state index contributed by atoms with van der Waals surface area (Å²) in [6.45, 7) is 1.84. The van der Waals surface area contributed by atoms with Crippen LogP contribution >= 0.6 is 0 Å². The van der Waals surface area contributed by atoms with Crippen LogP contribution in [0.4, 0.5) is 24.8 Å². The highest BCUT2D eigenvalue weighted by Crippen LogP contribution is 2.37. The summed E-state index contributed by atoms with van der Waals surface area (Å²) in [6.07, 6.45) is -1.19. The molecule has 31 heavy (non-hydrogen) atoms. The lowest BCUT2D eigenvalue weighted by atomic mass is 9.80. The van der Waals surface area contributed by atoms with E-state index in [9.17, 15) is 18.0 Å². The van der Waals surface area contributed by atoms with E-state index in [2.05, 4.69) is 15.3 Å². The first-order chi connectivity index (χ1) is 14.5. The molecule has 1 aromatic carbocycles. The maximum Gasteiger partial charge on any atom is 0.416 e. The molecule has 0 radical (unpaired) electrons. The van der Waals surface area contributed by atoms with Crippen molar-refractivity contribution < 1.29 is 18.0 Å². The van der Waals surface area contributed by atoms with Crippen molar-refractivity contribution in [1.82, 2.24) is 9.97 Å². The lowest BCUT2D eigenvalue weighted by Crippen LogP contribution is -2.28. The fourth-order valence-corrected chi connectivity index (χ4v) is 4.17. The minimum absolute atomic E-state index is 0.0148. The van der Waals surface area contributed by atoms with Gasteiger partial charge in [-0.15, -0.1) is 0 Å². The van der Waals surface area contributed by atoms with E-state index in [0.717, 1.165) is 43.4 Å². The average molecular weight is 435 g/mol. The Morgan fingerprint density at radius 1 is 1.19 bits per heavy atom. The number of nitrogens with two attached hydrogens (primary N) is 1. The zero-order valence-corrected chi connectivity index (χ0v) is 18.0. The van der Waals surface area contributed by atoms with Crippen LogP contribution in [0.25, 0.3) is 0 Å². The monoisotopic (exact) mass is 435 g/mol. The summed E-state index contributed by atoms with van der Waals surface area (Å²) in [6, 6.07) is 5.71. The van der Waals surface area contributed by atoms with Gasteiger partial charge < -0.3 is 16.0 Å². The van der Waals surface area contributed by atoms with E-state index in [0.29, 0.717) is 5.82 Å². The van der Waals surface area contributed by atoms with Gasteiger partial charge in [0.1, 0.15) is 17.5 Å². The Bertz CT molecular complexity index is 937. The van der Waals surface area contributed by atoms with Crippen molar-refractivity contribution in [1.29, 1.82) is 0 Å². The maximum absolute atomic E-state index is 13.5. The van der Waals surface area contributed by atoms with Crippen LogP contribution in [0.15, 0.2) is 24.3 Å². The zero-order valence-electron chi connectivity index (χ0n) is 18.0. The number of anilines is 2. The molecule has 3 N–H and O–H groups in total. The predicted molar refractivity (Wildman–Crippen MR) is 114 cm³/mol.